The van der Waals surface area contributed by atoms with Crippen molar-refractivity contribution in [1.29, 1.82) is 0 Å². The molecule has 0 atom stereocenters. The second-order valence-corrected chi connectivity index (χ2v) is 4.35. The Bertz CT molecular complexity index is 536. The second-order valence-electron chi connectivity index (χ2n) is 3.44. The minimum absolute atomic E-state index is 1.25. The summed E-state index contributed by atoms with van der Waals surface area (Å²) in [6.07, 6.45) is 0. The molecule has 0 unspecified atom stereocenters. The molecule has 3 rings (SSSR count). The lowest BCUT2D eigenvalue weighted by atomic mass is 10.1. The maximum absolute atomic E-state index is 3.12. The summed E-state index contributed by atoms with van der Waals surface area (Å²) in [6.45, 7) is 0. The van der Waals surface area contributed by atoms with Crippen LogP contribution in [0.15, 0.2) is 53.9 Å². The first-order chi connectivity index (χ1) is 7.45. The third kappa shape index (κ3) is 1.45. The van der Waals surface area contributed by atoms with Crippen LogP contribution < -0.4 is 0 Å². The quantitative estimate of drug-likeness (QED) is 0.560. The van der Waals surface area contributed by atoms with E-state index in [4.69, 9.17) is 0 Å². The molecule has 2 aliphatic rings. The number of benzene rings is 1. The summed E-state index contributed by atoms with van der Waals surface area (Å²) in [5.74, 6) is 0. The molecule has 0 saturated carbocycles. The lowest BCUT2D eigenvalue weighted by Crippen LogP contribution is -1.75. The maximum Gasteiger partial charge on any atom is 0.0420 e. The molecule has 1 aliphatic carbocycles. The average Bonchev–Trinajstić information content (AvgIpc) is 2.74. The van der Waals surface area contributed by atoms with Gasteiger partial charge in [0.05, 0.1) is 0 Å². The predicted molar refractivity (Wildman–Crippen MR) is 65.2 cm³/mol. The van der Waals surface area contributed by atoms with Gasteiger partial charge in [-0.25, -0.2) is 0 Å². The highest BCUT2D eigenvalue weighted by Crippen LogP contribution is 2.37. The molecule has 0 aromatic heterocycles. The van der Waals surface area contributed by atoms with E-state index in [9.17, 15) is 0 Å². The van der Waals surface area contributed by atoms with E-state index in [2.05, 4.69) is 41.8 Å². The van der Waals surface area contributed by atoms with Gasteiger partial charge in [-0.15, -0.1) is 11.3 Å². The van der Waals surface area contributed by atoms with Gasteiger partial charge in [-0.1, -0.05) is 42.5 Å². The van der Waals surface area contributed by atoms with Gasteiger partial charge in [-0.05, 0) is 34.2 Å². The van der Waals surface area contributed by atoms with Crippen molar-refractivity contribution in [2.24, 2.45) is 0 Å². The average molecular weight is 209 g/mol. The Kier molecular flexibility index (Phi) is 2.04. The normalized spacial score (nSPS) is 10.7. The first-order valence-corrected chi connectivity index (χ1v) is 5.76. The number of fused-ring (bicyclic) bond motifs is 1. The topological polar surface area (TPSA) is 0 Å². The summed E-state index contributed by atoms with van der Waals surface area (Å²) in [4.78, 5) is 1.36. The monoisotopic (exact) mass is 209 g/mol. The standard InChI is InChI=1S/C14H9S/c1-2-5-11(6-3-1)13-9-8-12-7-4-10-15-14(12)13/h1-2,4-10H. The van der Waals surface area contributed by atoms with E-state index >= 15 is 0 Å². The highest BCUT2D eigenvalue weighted by molar-refractivity contribution is 7.13. The van der Waals surface area contributed by atoms with Crippen molar-refractivity contribution in [3.63, 3.8) is 0 Å². The molecule has 0 amide bonds. The third-order valence-electron chi connectivity index (χ3n) is 2.49. The molecule has 0 nitrogen and oxygen atoms in total. The van der Waals surface area contributed by atoms with Gasteiger partial charge in [0.1, 0.15) is 0 Å². The zero-order valence-corrected chi connectivity index (χ0v) is 8.92. The Balaban J connectivity index is 2.22. The molecule has 1 aromatic rings. The van der Waals surface area contributed by atoms with Crippen molar-refractivity contribution in [3.05, 3.63) is 60.0 Å². The SMILES string of the molecule is [c]1cccc(-c2ccc3cccsc2-3)c1. The maximum atomic E-state index is 3.12. The Morgan fingerprint density at radius 2 is 1.87 bits per heavy atom. The molecule has 0 spiro atoms. The fraction of sp³-hybridized carbons (Fsp3) is 0. The molecular formula is C14H9S. The summed E-state index contributed by atoms with van der Waals surface area (Å²) in [5, 5.41) is 2.12. The Morgan fingerprint density at radius 1 is 0.933 bits per heavy atom. The molecule has 1 heterocycles. The van der Waals surface area contributed by atoms with Gasteiger partial charge in [0, 0.05) is 4.88 Å². The fourth-order valence-electron chi connectivity index (χ4n) is 1.78. The third-order valence-corrected chi connectivity index (χ3v) is 3.48. The highest BCUT2D eigenvalue weighted by atomic mass is 32.1. The van der Waals surface area contributed by atoms with Gasteiger partial charge < -0.3 is 0 Å². The van der Waals surface area contributed by atoms with Crippen molar-refractivity contribution >= 4 is 11.3 Å². The lowest BCUT2D eigenvalue weighted by molar-refractivity contribution is 1.67. The van der Waals surface area contributed by atoms with E-state index in [1.807, 2.05) is 18.2 Å². The predicted octanol–water partition coefficient (Wildman–Crippen LogP) is 4.32. The number of hydrogen-bond acceptors (Lipinski definition) is 1. The minimum atomic E-state index is 1.25. The zero-order valence-electron chi connectivity index (χ0n) is 8.10. The van der Waals surface area contributed by atoms with Crippen molar-refractivity contribution in [1.82, 2.24) is 0 Å². The first kappa shape index (κ1) is 8.69. The second kappa shape index (κ2) is 3.52. The van der Waals surface area contributed by atoms with Gasteiger partial charge in [-0.3, -0.25) is 0 Å². The van der Waals surface area contributed by atoms with Crippen LogP contribution in [0, 0.1) is 6.07 Å². The van der Waals surface area contributed by atoms with E-state index in [0.29, 0.717) is 0 Å². The van der Waals surface area contributed by atoms with Crippen molar-refractivity contribution in [3.8, 4) is 21.6 Å². The summed E-state index contributed by atoms with van der Waals surface area (Å²) in [5.41, 5.74) is 3.88. The van der Waals surface area contributed by atoms with E-state index < -0.39 is 0 Å². The zero-order chi connectivity index (χ0) is 10.1. The van der Waals surface area contributed by atoms with Crippen LogP contribution in [0.2, 0.25) is 0 Å². The van der Waals surface area contributed by atoms with Gasteiger partial charge >= 0.3 is 0 Å². The number of hydrogen-bond donors (Lipinski definition) is 0. The summed E-state index contributed by atoms with van der Waals surface area (Å²) in [7, 11) is 0. The molecule has 1 aliphatic heterocycles. The summed E-state index contributed by atoms with van der Waals surface area (Å²) in [6, 6.07) is 19.8. The van der Waals surface area contributed by atoms with Crippen LogP contribution in [0.5, 0.6) is 0 Å². The van der Waals surface area contributed by atoms with Crippen LogP contribution in [-0.2, 0) is 0 Å². The fourth-order valence-corrected chi connectivity index (χ4v) is 2.66. The molecular weight excluding hydrogens is 200 g/mol. The van der Waals surface area contributed by atoms with Crippen molar-refractivity contribution in [2.75, 3.05) is 0 Å². The van der Waals surface area contributed by atoms with Gasteiger partial charge in [-0.2, -0.15) is 0 Å². The molecule has 71 valence electrons. The lowest BCUT2D eigenvalue weighted by Gasteiger charge is -2.02. The molecule has 1 radical (unpaired) electrons. The largest absolute Gasteiger partial charge is 0.143 e. The Labute approximate surface area is 93.2 Å². The Morgan fingerprint density at radius 3 is 2.73 bits per heavy atom. The van der Waals surface area contributed by atoms with Gasteiger partial charge in [0.2, 0.25) is 0 Å². The van der Waals surface area contributed by atoms with Gasteiger partial charge in [0.15, 0.2) is 0 Å². The summed E-state index contributed by atoms with van der Waals surface area (Å²) < 4.78 is 0. The molecule has 0 saturated heterocycles. The summed E-state index contributed by atoms with van der Waals surface area (Å²) >= 11 is 1.79. The number of rotatable bonds is 1. The van der Waals surface area contributed by atoms with Crippen LogP contribution in [0.1, 0.15) is 0 Å². The highest BCUT2D eigenvalue weighted by Gasteiger charge is 2.09. The Hall–Kier alpha value is -1.60. The smallest absolute Gasteiger partial charge is 0.0420 e. The van der Waals surface area contributed by atoms with E-state index in [1.165, 1.54) is 21.6 Å². The molecule has 0 fully saturated rings. The molecule has 15 heavy (non-hydrogen) atoms. The van der Waals surface area contributed by atoms with E-state index in [1.54, 1.807) is 11.3 Å². The van der Waals surface area contributed by atoms with Crippen LogP contribution >= 0.6 is 11.3 Å². The molecule has 0 N–H and O–H groups in total. The molecule has 1 aromatic carbocycles. The van der Waals surface area contributed by atoms with Crippen molar-refractivity contribution in [2.45, 2.75) is 0 Å². The van der Waals surface area contributed by atoms with E-state index in [0.717, 1.165) is 0 Å². The van der Waals surface area contributed by atoms with Crippen LogP contribution in [0.25, 0.3) is 21.6 Å². The van der Waals surface area contributed by atoms with Crippen LogP contribution in [-0.4, -0.2) is 0 Å². The molecule has 1 heteroatoms. The first-order valence-electron chi connectivity index (χ1n) is 4.88. The molecule has 0 bridgehead atoms. The van der Waals surface area contributed by atoms with Crippen LogP contribution in [0.4, 0.5) is 0 Å². The van der Waals surface area contributed by atoms with Gasteiger partial charge in [0.25, 0.3) is 0 Å². The van der Waals surface area contributed by atoms with E-state index in [-0.39, 0.29) is 0 Å². The minimum Gasteiger partial charge on any atom is -0.143 e. The van der Waals surface area contributed by atoms with Crippen LogP contribution in [0.3, 0.4) is 0 Å². The van der Waals surface area contributed by atoms with Crippen molar-refractivity contribution < 1.29 is 0 Å².